The Hall–Kier alpha value is -2.32. The Kier molecular flexibility index (Phi) is 6.82. The van der Waals surface area contributed by atoms with Crippen molar-refractivity contribution < 1.29 is 0 Å². The molecule has 0 aliphatic carbocycles. The van der Waals surface area contributed by atoms with Crippen LogP contribution in [0.5, 0.6) is 0 Å². The van der Waals surface area contributed by atoms with Crippen LogP contribution >= 0.6 is 12.4 Å². The van der Waals surface area contributed by atoms with Gasteiger partial charge in [0, 0.05) is 30.0 Å². The predicted molar refractivity (Wildman–Crippen MR) is 108 cm³/mol. The molecule has 1 atom stereocenters. The molecule has 1 saturated heterocycles. The van der Waals surface area contributed by atoms with Crippen LogP contribution < -0.4 is 10.2 Å². The summed E-state index contributed by atoms with van der Waals surface area (Å²) in [6, 6.07) is 10.6. The van der Waals surface area contributed by atoms with Crippen LogP contribution in [-0.4, -0.2) is 22.6 Å². The first kappa shape index (κ1) is 20.0. The third kappa shape index (κ3) is 4.44. The second-order valence-electron chi connectivity index (χ2n) is 6.74. The van der Waals surface area contributed by atoms with E-state index in [4.69, 9.17) is 4.98 Å². The molecule has 0 unspecified atom stereocenters. The fourth-order valence-corrected chi connectivity index (χ4v) is 3.29. The SMILES string of the molecule is CCCc1cc(N2CCC[C@H]2C)nc(Nc2ccc(C)c(C#N)c2)n1.Cl. The zero-order valence-corrected chi connectivity index (χ0v) is 16.4. The van der Waals surface area contributed by atoms with Crippen molar-refractivity contribution in [1.82, 2.24) is 9.97 Å². The van der Waals surface area contributed by atoms with E-state index < -0.39 is 0 Å². The van der Waals surface area contributed by atoms with E-state index in [0.717, 1.165) is 42.1 Å². The number of halogens is 1. The zero-order valence-electron chi connectivity index (χ0n) is 15.6. The first-order chi connectivity index (χ1) is 12.1. The molecule has 1 aromatic carbocycles. The van der Waals surface area contributed by atoms with Crippen LogP contribution in [0.2, 0.25) is 0 Å². The fourth-order valence-electron chi connectivity index (χ4n) is 3.29. The maximum atomic E-state index is 9.22. The highest BCUT2D eigenvalue weighted by Gasteiger charge is 2.22. The van der Waals surface area contributed by atoms with Gasteiger partial charge in [-0.3, -0.25) is 0 Å². The summed E-state index contributed by atoms with van der Waals surface area (Å²) in [7, 11) is 0. The van der Waals surface area contributed by atoms with Crippen LogP contribution in [0, 0.1) is 18.3 Å². The van der Waals surface area contributed by atoms with Crippen molar-refractivity contribution in [2.24, 2.45) is 0 Å². The maximum absolute atomic E-state index is 9.22. The number of hydrogen-bond acceptors (Lipinski definition) is 5. The number of anilines is 3. The minimum absolute atomic E-state index is 0. The zero-order chi connectivity index (χ0) is 17.8. The average molecular weight is 372 g/mol. The molecule has 0 radical (unpaired) electrons. The van der Waals surface area contributed by atoms with E-state index in [0.29, 0.717) is 17.6 Å². The molecule has 26 heavy (non-hydrogen) atoms. The van der Waals surface area contributed by atoms with Crippen molar-refractivity contribution in [3.63, 3.8) is 0 Å². The lowest BCUT2D eigenvalue weighted by Gasteiger charge is -2.23. The van der Waals surface area contributed by atoms with Gasteiger partial charge >= 0.3 is 0 Å². The predicted octanol–water partition coefficient (Wildman–Crippen LogP) is 4.76. The molecule has 6 heteroatoms. The van der Waals surface area contributed by atoms with Gasteiger partial charge in [0.2, 0.25) is 5.95 Å². The van der Waals surface area contributed by atoms with E-state index in [1.807, 2.05) is 25.1 Å². The molecule has 1 aliphatic rings. The lowest BCUT2D eigenvalue weighted by molar-refractivity contribution is 0.724. The largest absolute Gasteiger partial charge is 0.354 e. The molecule has 0 spiro atoms. The molecule has 0 bridgehead atoms. The fraction of sp³-hybridized carbons (Fsp3) is 0.450. The summed E-state index contributed by atoms with van der Waals surface area (Å²) in [6.07, 6.45) is 4.40. The Bertz CT molecular complexity index is 799. The van der Waals surface area contributed by atoms with E-state index in [9.17, 15) is 5.26 Å². The lowest BCUT2D eigenvalue weighted by atomic mass is 10.1. The molecule has 5 nitrogen and oxygen atoms in total. The third-order valence-corrected chi connectivity index (χ3v) is 4.73. The average Bonchev–Trinajstić information content (AvgIpc) is 3.03. The summed E-state index contributed by atoms with van der Waals surface area (Å²) in [6.45, 7) is 7.40. The van der Waals surface area contributed by atoms with Crippen LogP contribution in [0.1, 0.15) is 49.9 Å². The number of nitrogens with one attached hydrogen (secondary N) is 1. The number of nitriles is 1. The number of hydrogen-bond donors (Lipinski definition) is 1. The standard InChI is InChI=1S/C20H25N5.ClH/c1-4-6-17-12-19(25-10-5-7-15(25)3)24-20(22-17)23-18-9-8-14(2)16(11-18)13-21;/h8-9,11-12,15H,4-7,10H2,1-3H3,(H,22,23,24);1H/t15-;/m1./s1. The van der Waals surface area contributed by atoms with E-state index in [2.05, 4.69) is 41.2 Å². The van der Waals surface area contributed by atoms with Gasteiger partial charge in [-0.15, -0.1) is 12.4 Å². The van der Waals surface area contributed by atoms with Crippen molar-refractivity contribution in [2.45, 2.75) is 52.5 Å². The monoisotopic (exact) mass is 371 g/mol. The number of rotatable bonds is 5. The van der Waals surface area contributed by atoms with Gasteiger partial charge in [-0.2, -0.15) is 10.2 Å². The summed E-state index contributed by atoms with van der Waals surface area (Å²) in [5, 5.41) is 12.5. The molecular formula is C20H26ClN5. The highest BCUT2D eigenvalue weighted by atomic mass is 35.5. The number of benzene rings is 1. The molecule has 1 fully saturated rings. The van der Waals surface area contributed by atoms with E-state index in [1.165, 1.54) is 12.8 Å². The van der Waals surface area contributed by atoms with E-state index >= 15 is 0 Å². The molecule has 0 amide bonds. The van der Waals surface area contributed by atoms with Gasteiger partial charge in [0.1, 0.15) is 5.82 Å². The smallest absolute Gasteiger partial charge is 0.229 e. The highest BCUT2D eigenvalue weighted by molar-refractivity contribution is 5.85. The maximum Gasteiger partial charge on any atom is 0.229 e. The quantitative estimate of drug-likeness (QED) is 0.820. The van der Waals surface area contributed by atoms with Crippen LogP contribution in [0.4, 0.5) is 17.5 Å². The number of nitrogens with zero attached hydrogens (tertiary/aromatic N) is 4. The normalized spacial score (nSPS) is 16.1. The first-order valence-corrected chi connectivity index (χ1v) is 9.03. The highest BCUT2D eigenvalue weighted by Crippen LogP contribution is 2.26. The van der Waals surface area contributed by atoms with Gasteiger partial charge in [0.25, 0.3) is 0 Å². The second-order valence-corrected chi connectivity index (χ2v) is 6.74. The van der Waals surface area contributed by atoms with Gasteiger partial charge in [0.15, 0.2) is 0 Å². The Morgan fingerprint density at radius 3 is 2.77 bits per heavy atom. The van der Waals surface area contributed by atoms with Crippen molar-refractivity contribution in [3.05, 3.63) is 41.1 Å². The molecule has 2 aromatic rings. The molecule has 1 aliphatic heterocycles. The Morgan fingerprint density at radius 1 is 1.31 bits per heavy atom. The van der Waals surface area contributed by atoms with Crippen molar-refractivity contribution in [3.8, 4) is 6.07 Å². The number of aromatic nitrogens is 2. The van der Waals surface area contributed by atoms with E-state index in [-0.39, 0.29) is 12.4 Å². The van der Waals surface area contributed by atoms with E-state index in [1.54, 1.807) is 0 Å². The summed E-state index contributed by atoms with van der Waals surface area (Å²) >= 11 is 0. The molecular weight excluding hydrogens is 346 g/mol. The third-order valence-electron chi connectivity index (χ3n) is 4.73. The Morgan fingerprint density at radius 2 is 2.12 bits per heavy atom. The van der Waals surface area contributed by atoms with Gasteiger partial charge in [-0.05, 0) is 50.8 Å². The summed E-state index contributed by atoms with van der Waals surface area (Å²) < 4.78 is 0. The molecule has 138 valence electrons. The topological polar surface area (TPSA) is 64.8 Å². The first-order valence-electron chi connectivity index (χ1n) is 9.03. The van der Waals surface area contributed by atoms with Crippen LogP contribution in [-0.2, 0) is 6.42 Å². The molecule has 1 N–H and O–H groups in total. The van der Waals surface area contributed by atoms with Crippen LogP contribution in [0.25, 0.3) is 0 Å². The minimum Gasteiger partial charge on any atom is -0.354 e. The molecule has 2 heterocycles. The second kappa shape index (κ2) is 8.86. The van der Waals surface area contributed by atoms with Gasteiger partial charge in [-0.25, -0.2) is 4.98 Å². The molecule has 3 rings (SSSR count). The van der Waals surface area contributed by atoms with Gasteiger partial charge in [0.05, 0.1) is 11.6 Å². The minimum atomic E-state index is 0. The summed E-state index contributed by atoms with van der Waals surface area (Å²) in [5.41, 5.74) is 3.54. The van der Waals surface area contributed by atoms with Gasteiger partial charge < -0.3 is 10.2 Å². The van der Waals surface area contributed by atoms with Crippen molar-refractivity contribution in [2.75, 3.05) is 16.8 Å². The lowest BCUT2D eigenvalue weighted by Crippen LogP contribution is -2.27. The van der Waals surface area contributed by atoms with Crippen molar-refractivity contribution in [1.29, 1.82) is 5.26 Å². The Labute approximate surface area is 161 Å². The molecule has 1 aromatic heterocycles. The number of aryl methyl sites for hydroxylation is 2. The summed E-state index contributed by atoms with van der Waals surface area (Å²) in [5.74, 6) is 1.60. The molecule has 0 saturated carbocycles. The Balaban J connectivity index is 0.00000243. The van der Waals surface area contributed by atoms with Crippen molar-refractivity contribution >= 4 is 29.9 Å². The van der Waals surface area contributed by atoms with Gasteiger partial charge in [-0.1, -0.05) is 19.4 Å². The summed E-state index contributed by atoms with van der Waals surface area (Å²) in [4.78, 5) is 11.8. The van der Waals surface area contributed by atoms with Crippen LogP contribution in [0.3, 0.4) is 0 Å². The van der Waals surface area contributed by atoms with Crippen LogP contribution in [0.15, 0.2) is 24.3 Å².